The summed E-state index contributed by atoms with van der Waals surface area (Å²) in [6, 6.07) is 21.1. The first-order valence-electron chi connectivity index (χ1n) is 17.4. The molecule has 0 saturated carbocycles. The number of amides is 1. The van der Waals surface area contributed by atoms with Crippen LogP contribution in [0.3, 0.4) is 0 Å². The molecule has 5 rings (SSSR count). The lowest BCUT2D eigenvalue weighted by molar-refractivity contribution is 0.0990. The highest BCUT2D eigenvalue weighted by atomic mass is 35.5. The van der Waals surface area contributed by atoms with Crippen molar-refractivity contribution in [2.45, 2.75) is 54.4 Å². The molecule has 7 heteroatoms. The fourth-order valence-electron chi connectivity index (χ4n) is 5.57. The van der Waals surface area contributed by atoms with Crippen LogP contribution < -0.4 is 14.4 Å². The maximum atomic E-state index is 13.3. The van der Waals surface area contributed by atoms with Crippen LogP contribution in [0.1, 0.15) is 64.7 Å². The standard InChI is InChI=1S/C27H27ClN2O3.C13H20O.C2H6/c28-22-6-3-20(4-7-22)21-5-12-25-26(19-21)33-18-16-30(27(25)31)23-8-10-24(11-9-23)32-17-15-29-13-1-2-14-29;1-6-9-13(7-2)11(4)10-12(5)14-8-3;1-2/h3-12,19H,1-2,13-18H2;6-7,9-10H,4,8H2,1-3,5H3;1-2H3/b;9-6-,12-10+,13-7+;. The number of hydrogen-bond donors (Lipinski definition) is 0. The number of likely N-dealkylation sites (tertiary alicyclic amines) is 1. The molecular weight excluding hydrogens is 632 g/mol. The monoisotopic (exact) mass is 684 g/mol. The van der Waals surface area contributed by atoms with E-state index in [4.69, 9.17) is 25.8 Å². The van der Waals surface area contributed by atoms with E-state index in [-0.39, 0.29) is 5.91 Å². The maximum absolute atomic E-state index is 13.3. The van der Waals surface area contributed by atoms with Gasteiger partial charge in [-0.15, -0.1) is 0 Å². The molecule has 0 bridgehead atoms. The number of carbonyl (C=O) groups is 1. The highest BCUT2D eigenvalue weighted by Crippen LogP contribution is 2.32. The van der Waals surface area contributed by atoms with Crippen molar-refractivity contribution >= 4 is 23.2 Å². The molecule has 6 nitrogen and oxygen atoms in total. The third-order valence-electron chi connectivity index (χ3n) is 8.01. The number of nitrogens with zero attached hydrogens (tertiary/aromatic N) is 2. The molecule has 0 spiro atoms. The number of ether oxygens (including phenoxy) is 3. The Balaban J connectivity index is 0.000000345. The van der Waals surface area contributed by atoms with Crippen LogP contribution in [0.15, 0.2) is 115 Å². The van der Waals surface area contributed by atoms with E-state index >= 15 is 0 Å². The van der Waals surface area contributed by atoms with Gasteiger partial charge in [-0.1, -0.05) is 68.5 Å². The molecule has 0 radical (unpaired) electrons. The van der Waals surface area contributed by atoms with Gasteiger partial charge in [0.15, 0.2) is 0 Å². The SMILES string of the molecule is C=C(/C=C(\C)OCC)C(/C=C\C)=C/C.CC.O=C1c2ccc(-c3ccc(Cl)cc3)cc2OCCN1c1ccc(OCCN2CCCC2)cc1. The first-order chi connectivity index (χ1) is 23.8. The largest absolute Gasteiger partial charge is 0.499 e. The first kappa shape index (κ1) is 39.2. The molecule has 1 fully saturated rings. The molecule has 0 aliphatic carbocycles. The highest BCUT2D eigenvalue weighted by molar-refractivity contribution is 6.30. The molecule has 0 unspecified atom stereocenters. The first-order valence-corrected chi connectivity index (χ1v) is 17.8. The molecule has 0 atom stereocenters. The summed E-state index contributed by atoms with van der Waals surface area (Å²) in [5.41, 5.74) is 5.53. The minimum absolute atomic E-state index is 0.0622. The molecule has 0 N–H and O–H groups in total. The van der Waals surface area contributed by atoms with Crippen LogP contribution in [-0.4, -0.2) is 56.8 Å². The number of carbonyl (C=O) groups excluding carboxylic acids is 1. The van der Waals surface area contributed by atoms with Gasteiger partial charge in [-0.3, -0.25) is 9.69 Å². The lowest BCUT2D eigenvalue weighted by Gasteiger charge is -2.20. The molecule has 2 aliphatic heterocycles. The summed E-state index contributed by atoms with van der Waals surface area (Å²) in [7, 11) is 0. The summed E-state index contributed by atoms with van der Waals surface area (Å²) in [5.74, 6) is 2.27. The number of anilines is 1. The lowest BCUT2D eigenvalue weighted by atomic mass is 10.0. The molecule has 1 saturated heterocycles. The van der Waals surface area contributed by atoms with Crippen LogP contribution in [0.25, 0.3) is 11.1 Å². The molecule has 0 aromatic heterocycles. The van der Waals surface area contributed by atoms with Crippen molar-refractivity contribution in [1.82, 2.24) is 4.90 Å². The van der Waals surface area contributed by atoms with Crippen LogP contribution in [-0.2, 0) is 4.74 Å². The van der Waals surface area contributed by atoms with Gasteiger partial charge in [-0.05, 0) is 131 Å². The lowest BCUT2D eigenvalue weighted by Crippen LogP contribution is -2.32. The van der Waals surface area contributed by atoms with Gasteiger partial charge in [0.05, 0.1) is 24.5 Å². The van der Waals surface area contributed by atoms with Gasteiger partial charge in [-0.2, -0.15) is 0 Å². The second kappa shape index (κ2) is 21.0. The van der Waals surface area contributed by atoms with E-state index in [9.17, 15) is 4.79 Å². The summed E-state index contributed by atoms with van der Waals surface area (Å²) in [5, 5.41) is 0.693. The second-order valence-electron chi connectivity index (χ2n) is 11.4. The number of rotatable bonds is 11. The van der Waals surface area contributed by atoms with E-state index in [0.29, 0.717) is 42.7 Å². The summed E-state index contributed by atoms with van der Waals surface area (Å²) in [6.45, 7) is 21.5. The van der Waals surface area contributed by atoms with Crippen LogP contribution >= 0.6 is 11.6 Å². The Morgan fingerprint density at radius 2 is 1.63 bits per heavy atom. The zero-order chi connectivity index (χ0) is 35.6. The Kier molecular flexibility index (Phi) is 16.8. The summed E-state index contributed by atoms with van der Waals surface area (Å²) in [6.07, 6.45) is 10.6. The number of allylic oxidation sites excluding steroid dienone is 7. The third kappa shape index (κ3) is 12.0. The van der Waals surface area contributed by atoms with Gasteiger partial charge in [-0.25, -0.2) is 0 Å². The average molecular weight is 685 g/mol. The van der Waals surface area contributed by atoms with Crippen molar-refractivity contribution in [3.63, 3.8) is 0 Å². The van der Waals surface area contributed by atoms with E-state index in [1.165, 1.54) is 25.9 Å². The second-order valence-corrected chi connectivity index (χ2v) is 11.8. The Labute approximate surface area is 299 Å². The maximum Gasteiger partial charge on any atom is 0.262 e. The molecular formula is C42H53ClN2O4. The van der Waals surface area contributed by atoms with Gasteiger partial charge in [0.1, 0.15) is 24.7 Å². The molecule has 3 aromatic carbocycles. The number of hydrogen-bond acceptors (Lipinski definition) is 5. The third-order valence-corrected chi connectivity index (χ3v) is 8.26. The predicted octanol–water partition coefficient (Wildman–Crippen LogP) is 10.6. The fourth-order valence-corrected chi connectivity index (χ4v) is 5.69. The Morgan fingerprint density at radius 1 is 0.959 bits per heavy atom. The molecule has 3 aromatic rings. The summed E-state index contributed by atoms with van der Waals surface area (Å²) >= 11 is 6.01. The zero-order valence-corrected chi connectivity index (χ0v) is 30.9. The van der Waals surface area contributed by atoms with E-state index in [1.54, 1.807) is 4.90 Å². The minimum Gasteiger partial charge on any atom is -0.499 e. The van der Waals surface area contributed by atoms with E-state index in [2.05, 4.69) is 11.5 Å². The zero-order valence-electron chi connectivity index (χ0n) is 30.1. The van der Waals surface area contributed by atoms with Crippen molar-refractivity contribution in [1.29, 1.82) is 0 Å². The Bertz CT molecular complexity index is 1570. The van der Waals surface area contributed by atoms with Crippen molar-refractivity contribution in [3.05, 3.63) is 125 Å². The average Bonchev–Trinajstić information content (AvgIpc) is 3.58. The van der Waals surface area contributed by atoms with Crippen molar-refractivity contribution in [3.8, 4) is 22.6 Å². The normalized spacial score (nSPS) is 14.9. The molecule has 262 valence electrons. The summed E-state index contributed by atoms with van der Waals surface area (Å²) < 4.78 is 17.2. The van der Waals surface area contributed by atoms with Crippen molar-refractivity contribution < 1.29 is 19.0 Å². The van der Waals surface area contributed by atoms with Gasteiger partial charge in [0.2, 0.25) is 0 Å². The van der Waals surface area contributed by atoms with Crippen LogP contribution in [0.2, 0.25) is 5.02 Å². The number of fused-ring (bicyclic) bond motifs is 1. The van der Waals surface area contributed by atoms with E-state index in [0.717, 1.165) is 46.0 Å². The van der Waals surface area contributed by atoms with Gasteiger partial charge in [0.25, 0.3) is 5.91 Å². The van der Waals surface area contributed by atoms with Crippen LogP contribution in [0.4, 0.5) is 5.69 Å². The minimum atomic E-state index is -0.0622. The Morgan fingerprint density at radius 3 is 2.27 bits per heavy atom. The van der Waals surface area contributed by atoms with Crippen LogP contribution in [0.5, 0.6) is 11.5 Å². The van der Waals surface area contributed by atoms with Gasteiger partial charge >= 0.3 is 0 Å². The predicted molar refractivity (Wildman–Crippen MR) is 206 cm³/mol. The Hall–Kier alpha value is -4.26. The topological polar surface area (TPSA) is 51.2 Å². The molecule has 1 amide bonds. The van der Waals surface area contributed by atoms with Crippen LogP contribution in [0, 0.1) is 0 Å². The highest BCUT2D eigenvalue weighted by Gasteiger charge is 2.25. The number of halogens is 1. The van der Waals surface area contributed by atoms with Gasteiger partial charge in [0, 0.05) is 17.3 Å². The van der Waals surface area contributed by atoms with E-state index < -0.39 is 0 Å². The quantitative estimate of drug-likeness (QED) is 0.149. The van der Waals surface area contributed by atoms with Crippen molar-refractivity contribution in [2.24, 2.45) is 0 Å². The smallest absolute Gasteiger partial charge is 0.262 e. The van der Waals surface area contributed by atoms with Gasteiger partial charge < -0.3 is 19.1 Å². The van der Waals surface area contributed by atoms with E-state index in [1.807, 2.05) is 133 Å². The fraction of sp³-hybridized carbons (Fsp3) is 0.357. The molecule has 2 aliphatic rings. The molecule has 2 heterocycles. The summed E-state index contributed by atoms with van der Waals surface area (Å²) in [4.78, 5) is 17.5. The number of benzene rings is 3. The van der Waals surface area contributed by atoms with Crippen molar-refractivity contribution in [2.75, 3.05) is 50.9 Å². The molecule has 49 heavy (non-hydrogen) atoms.